The Balaban J connectivity index is 1.07. The molecule has 368 valence electrons. The Hall–Kier alpha value is -1.35. The number of carbonyl (C=O) groups excluding carboxylic acids is 1. The summed E-state index contributed by atoms with van der Waals surface area (Å²) in [5, 5.41) is 14.1. The SMILES string of the molecule is COCCOCCOCCOC(C)C(CN[C@]12CC[C@@H](C3(C)CC3)[C@@H]1[C@H]1CC[C@@H]3[C@@]4(C)CC[C@H](OC(=O)CC(C)(C)C(=O)O)C(C)(C)[C@@H]4CC[C@@]3(C)[C@]1(C)CC2)N1CCS(=O)(=O)CC1. The third-order valence-electron chi connectivity index (χ3n) is 20.2. The quantitative estimate of drug-likeness (QED) is 0.0907. The number of sulfone groups is 1. The van der Waals surface area contributed by atoms with E-state index in [9.17, 15) is 23.1 Å². The average Bonchev–Trinajstić information content (AvgIpc) is 3.84. The Kier molecular flexibility index (Phi) is 14.9. The van der Waals surface area contributed by atoms with Gasteiger partial charge in [-0.2, -0.15) is 0 Å². The highest BCUT2D eigenvalue weighted by Crippen LogP contribution is 2.78. The van der Waals surface area contributed by atoms with E-state index in [-0.39, 0.29) is 63.4 Å². The predicted molar refractivity (Wildman–Crippen MR) is 249 cm³/mol. The van der Waals surface area contributed by atoms with Gasteiger partial charge in [0.15, 0.2) is 9.84 Å². The fourth-order valence-corrected chi connectivity index (χ4v) is 17.1. The minimum Gasteiger partial charge on any atom is -0.481 e. The summed E-state index contributed by atoms with van der Waals surface area (Å²) in [6, 6.07) is 0.0525. The van der Waals surface area contributed by atoms with E-state index in [0.717, 1.165) is 25.8 Å². The third-order valence-corrected chi connectivity index (χ3v) is 21.8. The van der Waals surface area contributed by atoms with Crippen LogP contribution in [0.25, 0.3) is 0 Å². The second kappa shape index (κ2) is 18.9. The molecule has 1 aliphatic heterocycles. The molecule has 7 aliphatic rings. The third kappa shape index (κ3) is 9.51. The molecule has 0 aromatic rings. The maximum atomic E-state index is 13.2. The van der Waals surface area contributed by atoms with Crippen molar-refractivity contribution in [2.24, 2.45) is 62.1 Å². The van der Waals surface area contributed by atoms with Gasteiger partial charge in [0, 0.05) is 43.7 Å². The Bertz CT molecular complexity index is 1760. The van der Waals surface area contributed by atoms with Crippen LogP contribution in [0.3, 0.4) is 0 Å². The minimum atomic E-state index is -3.03. The Morgan fingerprint density at radius 3 is 2.06 bits per heavy atom. The van der Waals surface area contributed by atoms with Gasteiger partial charge in [-0.1, -0.05) is 41.5 Å². The van der Waals surface area contributed by atoms with Crippen LogP contribution in [0, 0.1) is 62.1 Å². The second-order valence-electron chi connectivity index (χ2n) is 24.3. The van der Waals surface area contributed by atoms with Crippen molar-refractivity contribution in [1.29, 1.82) is 0 Å². The Morgan fingerprint density at radius 2 is 1.42 bits per heavy atom. The molecule has 7 fully saturated rings. The molecule has 7 rings (SSSR count). The number of aliphatic carboxylic acids is 1. The number of hydrogen-bond donors (Lipinski definition) is 2. The monoisotopic (exact) mass is 921 g/mol. The number of nitrogens with one attached hydrogen (secondary N) is 1. The lowest BCUT2D eigenvalue weighted by atomic mass is 9.32. The van der Waals surface area contributed by atoms with Crippen LogP contribution in [0.5, 0.6) is 0 Å². The summed E-state index contributed by atoms with van der Waals surface area (Å²) in [6.07, 6.45) is 13.8. The topological polar surface area (TPSA) is 150 Å². The largest absolute Gasteiger partial charge is 0.481 e. The summed E-state index contributed by atoms with van der Waals surface area (Å²) in [6.45, 7) is 25.6. The van der Waals surface area contributed by atoms with E-state index >= 15 is 0 Å². The molecule has 0 amide bonds. The first-order valence-corrected chi connectivity index (χ1v) is 27.2. The van der Waals surface area contributed by atoms with E-state index in [1.807, 2.05) is 0 Å². The molecular formula is C51H88N2O10S. The Morgan fingerprint density at radius 1 is 0.766 bits per heavy atom. The van der Waals surface area contributed by atoms with E-state index in [1.54, 1.807) is 21.0 Å². The van der Waals surface area contributed by atoms with Crippen LogP contribution >= 0.6 is 0 Å². The number of fused-ring (bicyclic) bond motifs is 7. The summed E-state index contributed by atoms with van der Waals surface area (Å²) < 4.78 is 54.5. The average molecular weight is 921 g/mol. The molecule has 1 heterocycles. The predicted octanol–water partition coefficient (Wildman–Crippen LogP) is 7.81. The van der Waals surface area contributed by atoms with Crippen molar-refractivity contribution in [3.05, 3.63) is 0 Å². The molecule has 2 unspecified atom stereocenters. The van der Waals surface area contributed by atoms with Crippen LogP contribution in [0.2, 0.25) is 0 Å². The molecule has 6 aliphatic carbocycles. The van der Waals surface area contributed by atoms with Gasteiger partial charge in [0.1, 0.15) is 6.10 Å². The van der Waals surface area contributed by atoms with Crippen molar-refractivity contribution in [3.63, 3.8) is 0 Å². The highest BCUT2D eigenvalue weighted by atomic mass is 32.2. The van der Waals surface area contributed by atoms with E-state index in [0.29, 0.717) is 87.7 Å². The van der Waals surface area contributed by atoms with E-state index < -0.39 is 27.2 Å². The molecule has 6 saturated carbocycles. The lowest BCUT2D eigenvalue weighted by molar-refractivity contribution is -0.248. The highest BCUT2D eigenvalue weighted by Gasteiger charge is 2.72. The smallest absolute Gasteiger partial charge is 0.309 e. The molecule has 0 aromatic heterocycles. The van der Waals surface area contributed by atoms with Crippen LogP contribution in [0.4, 0.5) is 0 Å². The molecule has 12 nitrogen and oxygen atoms in total. The van der Waals surface area contributed by atoms with Crippen LogP contribution in [-0.4, -0.2) is 132 Å². The number of carboxylic acid groups (broad SMARTS) is 1. The number of carbonyl (C=O) groups is 2. The number of nitrogens with zero attached hydrogens (tertiary/aromatic N) is 1. The normalized spacial score (nSPS) is 39.7. The number of esters is 1. The first-order chi connectivity index (χ1) is 30.0. The van der Waals surface area contributed by atoms with Crippen LogP contribution in [0.15, 0.2) is 0 Å². The molecule has 0 aromatic carbocycles. The molecule has 0 radical (unpaired) electrons. The van der Waals surface area contributed by atoms with Crippen molar-refractivity contribution in [2.45, 2.75) is 170 Å². The van der Waals surface area contributed by atoms with Crippen molar-refractivity contribution in [1.82, 2.24) is 10.2 Å². The van der Waals surface area contributed by atoms with Crippen molar-refractivity contribution >= 4 is 21.8 Å². The number of hydrogen-bond acceptors (Lipinski definition) is 11. The highest BCUT2D eigenvalue weighted by molar-refractivity contribution is 7.91. The molecule has 2 N–H and O–H groups in total. The lowest BCUT2D eigenvalue weighted by Crippen LogP contribution is -2.69. The lowest BCUT2D eigenvalue weighted by Gasteiger charge is -2.73. The number of methoxy groups -OCH3 is 1. The van der Waals surface area contributed by atoms with Crippen molar-refractivity contribution in [3.8, 4) is 0 Å². The van der Waals surface area contributed by atoms with Gasteiger partial charge >= 0.3 is 11.9 Å². The zero-order valence-corrected chi connectivity index (χ0v) is 42.4. The van der Waals surface area contributed by atoms with Crippen molar-refractivity contribution in [2.75, 3.05) is 77.9 Å². The van der Waals surface area contributed by atoms with Gasteiger partial charge in [0.25, 0.3) is 0 Å². The molecular weight excluding hydrogens is 833 g/mol. The molecule has 64 heavy (non-hydrogen) atoms. The molecule has 0 spiro atoms. The summed E-state index contributed by atoms with van der Waals surface area (Å²) >= 11 is 0. The van der Waals surface area contributed by atoms with Gasteiger partial charge in [-0.05, 0) is 149 Å². The summed E-state index contributed by atoms with van der Waals surface area (Å²) in [7, 11) is -1.37. The minimum absolute atomic E-state index is 0.0512. The molecule has 1 saturated heterocycles. The standard InChI is InChI=1S/C51H88N2O10S/c1-35(62-30-29-61-28-27-60-26-25-59-10)38(53-23-31-64(57,58)32-24-53)34-52-51-18-13-36(47(6)19-20-47)43(51)37-11-12-40-48(7)16-15-41(63-42(54)33-45(2,3)44(55)56)46(4,5)39(48)14-17-50(40,9)49(37,8)21-22-51/h35-41,43,52H,11-34H2,1-10H3,(H,55,56)/t35?,36-,37-,38?,39+,40-,41+,43-,48+,49-,50-,51+/m1/s1. The second-order valence-corrected chi connectivity index (χ2v) is 26.6. The zero-order valence-electron chi connectivity index (χ0n) is 41.6. The first-order valence-electron chi connectivity index (χ1n) is 25.4. The van der Waals surface area contributed by atoms with Gasteiger partial charge in [0.05, 0.1) is 69.1 Å². The molecule has 13 heteroatoms. The maximum Gasteiger partial charge on any atom is 0.309 e. The summed E-state index contributed by atoms with van der Waals surface area (Å²) in [5.41, 5.74) is -0.369. The van der Waals surface area contributed by atoms with E-state index in [4.69, 9.17) is 23.7 Å². The van der Waals surface area contributed by atoms with Gasteiger partial charge in [-0.3, -0.25) is 14.5 Å². The van der Waals surface area contributed by atoms with Crippen LogP contribution in [-0.2, 0) is 43.1 Å². The van der Waals surface area contributed by atoms with Crippen LogP contribution in [0.1, 0.15) is 146 Å². The van der Waals surface area contributed by atoms with Gasteiger partial charge < -0.3 is 34.1 Å². The number of rotatable bonds is 20. The van der Waals surface area contributed by atoms with Gasteiger partial charge in [-0.15, -0.1) is 0 Å². The fourth-order valence-electron chi connectivity index (χ4n) is 15.9. The summed E-state index contributed by atoms with van der Waals surface area (Å²) in [5.74, 6) is 1.97. The first kappa shape index (κ1) is 50.5. The van der Waals surface area contributed by atoms with Gasteiger partial charge in [-0.25, -0.2) is 8.42 Å². The van der Waals surface area contributed by atoms with E-state index in [1.165, 1.54) is 57.8 Å². The van der Waals surface area contributed by atoms with Crippen molar-refractivity contribution < 1.29 is 46.8 Å². The zero-order chi connectivity index (χ0) is 46.6. The van der Waals surface area contributed by atoms with Crippen LogP contribution < -0.4 is 5.32 Å². The summed E-state index contributed by atoms with van der Waals surface area (Å²) in [4.78, 5) is 27.5. The number of carboxylic acids is 1. The molecule has 12 atom stereocenters. The molecule has 0 bridgehead atoms. The maximum absolute atomic E-state index is 13.2. The Labute approximate surface area is 387 Å². The van der Waals surface area contributed by atoms with E-state index in [2.05, 4.69) is 58.7 Å². The fraction of sp³-hybridized carbons (Fsp3) is 0.961. The van der Waals surface area contributed by atoms with Gasteiger partial charge in [0.2, 0.25) is 0 Å². The number of ether oxygens (including phenoxy) is 5.